The smallest absolute Gasteiger partial charge is 0.139 e. The normalized spacial score (nSPS) is 13.5. The van der Waals surface area contributed by atoms with Crippen LogP contribution in [0.3, 0.4) is 0 Å². The summed E-state index contributed by atoms with van der Waals surface area (Å²) < 4.78 is 11.3. The van der Waals surface area contributed by atoms with E-state index in [9.17, 15) is 5.11 Å². The topological polar surface area (TPSA) is 64.7 Å². The van der Waals surface area contributed by atoms with Crippen molar-refractivity contribution in [2.45, 2.75) is 25.7 Å². The first-order chi connectivity index (χ1) is 10.1. The number of aliphatic hydroxyl groups excluding tert-OH is 1. The van der Waals surface area contributed by atoms with Gasteiger partial charge in [0.15, 0.2) is 0 Å². The van der Waals surface area contributed by atoms with E-state index in [1.807, 2.05) is 55.5 Å². The molecule has 0 fully saturated rings. The van der Waals surface area contributed by atoms with Crippen LogP contribution >= 0.6 is 0 Å². The fourth-order valence-corrected chi connectivity index (χ4v) is 2.16. The Morgan fingerprint density at radius 2 is 1.81 bits per heavy atom. The summed E-state index contributed by atoms with van der Waals surface area (Å²) in [5.74, 6) is 1.46. The molecule has 0 saturated carbocycles. The van der Waals surface area contributed by atoms with Crippen LogP contribution in [0.15, 0.2) is 48.5 Å². The Balaban J connectivity index is 2.26. The second kappa shape index (κ2) is 7.11. The van der Waals surface area contributed by atoms with Gasteiger partial charge < -0.3 is 20.3 Å². The Morgan fingerprint density at radius 3 is 2.48 bits per heavy atom. The molecule has 3 N–H and O–H groups in total. The summed E-state index contributed by atoms with van der Waals surface area (Å²) in [6.07, 6.45) is -0.283. The summed E-state index contributed by atoms with van der Waals surface area (Å²) in [6.45, 7) is 1.89. The van der Waals surface area contributed by atoms with Crippen molar-refractivity contribution in [3.05, 3.63) is 59.7 Å². The van der Waals surface area contributed by atoms with Crippen molar-refractivity contribution in [3.63, 3.8) is 0 Å². The molecule has 0 radical (unpaired) electrons. The molecule has 0 aliphatic rings. The zero-order chi connectivity index (χ0) is 15.2. The van der Waals surface area contributed by atoms with Crippen LogP contribution in [-0.2, 0) is 6.61 Å². The van der Waals surface area contributed by atoms with Crippen LogP contribution in [0.5, 0.6) is 11.5 Å². The van der Waals surface area contributed by atoms with Crippen molar-refractivity contribution in [3.8, 4) is 11.5 Å². The molecule has 0 bridgehead atoms. The van der Waals surface area contributed by atoms with Crippen LogP contribution in [0.4, 0.5) is 0 Å². The van der Waals surface area contributed by atoms with E-state index in [2.05, 4.69) is 0 Å². The first-order valence-corrected chi connectivity index (χ1v) is 6.90. The van der Waals surface area contributed by atoms with Crippen LogP contribution in [0, 0.1) is 0 Å². The van der Waals surface area contributed by atoms with E-state index in [4.69, 9.17) is 15.2 Å². The number of rotatable bonds is 6. The van der Waals surface area contributed by atoms with Crippen molar-refractivity contribution >= 4 is 0 Å². The highest BCUT2D eigenvalue weighted by Gasteiger charge is 2.19. The molecule has 2 rings (SSSR count). The van der Waals surface area contributed by atoms with Crippen LogP contribution in [-0.4, -0.2) is 18.3 Å². The molecular weight excluding hydrogens is 266 g/mol. The summed E-state index contributed by atoms with van der Waals surface area (Å²) in [5, 5.41) is 9.19. The van der Waals surface area contributed by atoms with Gasteiger partial charge in [-0.05, 0) is 42.3 Å². The first-order valence-electron chi connectivity index (χ1n) is 6.90. The lowest BCUT2D eigenvalue weighted by molar-refractivity contribution is 0.179. The van der Waals surface area contributed by atoms with Gasteiger partial charge in [-0.15, -0.1) is 0 Å². The van der Waals surface area contributed by atoms with Crippen LogP contribution < -0.4 is 15.2 Å². The Bertz CT molecular complexity index is 584. The quantitative estimate of drug-likeness (QED) is 0.857. The van der Waals surface area contributed by atoms with Crippen LogP contribution in [0.25, 0.3) is 0 Å². The van der Waals surface area contributed by atoms with Crippen molar-refractivity contribution in [2.24, 2.45) is 5.73 Å². The summed E-state index contributed by atoms with van der Waals surface area (Å²) in [7, 11) is 1.63. The molecule has 2 unspecified atom stereocenters. The highest BCUT2D eigenvalue weighted by Crippen LogP contribution is 2.27. The Hall–Kier alpha value is -2.04. The molecule has 2 aromatic rings. The summed E-state index contributed by atoms with van der Waals surface area (Å²) in [6, 6.07) is 14.9. The molecular formula is C17H21NO3. The van der Waals surface area contributed by atoms with Gasteiger partial charge in [0.1, 0.15) is 17.6 Å². The molecule has 0 aliphatic carbocycles. The molecule has 112 valence electrons. The van der Waals surface area contributed by atoms with Crippen molar-refractivity contribution in [1.29, 1.82) is 0 Å². The maximum Gasteiger partial charge on any atom is 0.139 e. The second-order valence-corrected chi connectivity index (χ2v) is 4.98. The number of benzene rings is 2. The number of hydrogen-bond donors (Lipinski definition) is 2. The lowest BCUT2D eigenvalue weighted by Crippen LogP contribution is -2.29. The summed E-state index contributed by atoms with van der Waals surface area (Å²) in [5.41, 5.74) is 7.83. The molecule has 0 amide bonds. The molecule has 0 aromatic heterocycles. The molecule has 0 aliphatic heterocycles. The Labute approximate surface area is 125 Å². The largest absolute Gasteiger partial charge is 0.497 e. The van der Waals surface area contributed by atoms with E-state index in [0.29, 0.717) is 5.75 Å². The fraction of sp³-hybridized carbons (Fsp3) is 0.294. The number of nitrogens with two attached hydrogens (primary N) is 1. The second-order valence-electron chi connectivity index (χ2n) is 4.98. The number of ether oxygens (including phenoxy) is 2. The van der Waals surface area contributed by atoms with Crippen LogP contribution in [0.2, 0.25) is 0 Å². The molecule has 4 nitrogen and oxygen atoms in total. The van der Waals surface area contributed by atoms with Crippen molar-refractivity contribution in [2.75, 3.05) is 7.11 Å². The van der Waals surface area contributed by atoms with Gasteiger partial charge in [-0.1, -0.05) is 24.3 Å². The van der Waals surface area contributed by atoms with E-state index >= 15 is 0 Å². The van der Waals surface area contributed by atoms with Crippen molar-refractivity contribution in [1.82, 2.24) is 0 Å². The van der Waals surface area contributed by atoms with Gasteiger partial charge in [0.25, 0.3) is 0 Å². The maximum absolute atomic E-state index is 9.19. The van der Waals surface area contributed by atoms with E-state index in [1.54, 1.807) is 7.11 Å². The highest BCUT2D eigenvalue weighted by atomic mass is 16.5. The Kier molecular flexibility index (Phi) is 5.20. The highest BCUT2D eigenvalue weighted by molar-refractivity contribution is 5.33. The minimum absolute atomic E-state index is 0.0147. The van der Waals surface area contributed by atoms with Gasteiger partial charge in [0.2, 0.25) is 0 Å². The van der Waals surface area contributed by atoms with Gasteiger partial charge in [-0.25, -0.2) is 0 Å². The molecule has 4 heteroatoms. The van der Waals surface area contributed by atoms with Crippen LogP contribution in [0.1, 0.15) is 24.2 Å². The van der Waals surface area contributed by atoms with Gasteiger partial charge in [0, 0.05) is 6.04 Å². The predicted molar refractivity (Wildman–Crippen MR) is 82.4 cm³/mol. The van der Waals surface area contributed by atoms with Gasteiger partial charge in [-0.3, -0.25) is 0 Å². The van der Waals surface area contributed by atoms with E-state index in [0.717, 1.165) is 16.9 Å². The SMILES string of the molecule is COc1cccc(C(Oc2cccc(CO)c2)C(C)N)c1. The first kappa shape index (κ1) is 15.4. The average Bonchev–Trinajstić information content (AvgIpc) is 2.52. The lowest BCUT2D eigenvalue weighted by atomic mass is 10.0. The zero-order valence-corrected chi connectivity index (χ0v) is 12.3. The minimum atomic E-state index is -0.283. The fourth-order valence-electron chi connectivity index (χ4n) is 2.16. The third-order valence-corrected chi connectivity index (χ3v) is 3.24. The number of methoxy groups -OCH3 is 1. The monoisotopic (exact) mass is 287 g/mol. The number of aliphatic hydroxyl groups is 1. The molecule has 0 saturated heterocycles. The maximum atomic E-state index is 9.19. The van der Waals surface area contributed by atoms with E-state index in [-0.39, 0.29) is 18.8 Å². The molecule has 0 spiro atoms. The average molecular weight is 287 g/mol. The van der Waals surface area contributed by atoms with Crippen molar-refractivity contribution < 1.29 is 14.6 Å². The minimum Gasteiger partial charge on any atom is -0.497 e. The third kappa shape index (κ3) is 3.97. The van der Waals surface area contributed by atoms with Gasteiger partial charge in [-0.2, -0.15) is 0 Å². The van der Waals surface area contributed by atoms with Gasteiger partial charge in [0.05, 0.1) is 13.7 Å². The standard InChI is InChI=1S/C17H21NO3/c1-12(18)17(14-6-4-7-15(10-14)20-2)21-16-8-3-5-13(9-16)11-19/h3-10,12,17,19H,11,18H2,1-2H3. The lowest BCUT2D eigenvalue weighted by Gasteiger charge is -2.23. The predicted octanol–water partition coefficient (Wildman–Crippen LogP) is 2.65. The number of hydrogen-bond acceptors (Lipinski definition) is 4. The molecule has 2 atom stereocenters. The van der Waals surface area contributed by atoms with E-state index in [1.165, 1.54) is 0 Å². The molecule has 2 aromatic carbocycles. The summed E-state index contributed by atoms with van der Waals surface area (Å²) >= 11 is 0. The van der Waals surface area contributed by atoms with Gasteiger partial charge >= 0.3 is 0 Å². The molecule has 21 heavy (non-hydrogen) atoms. The molecule has 0 heterocycles. The zero-order valence-electron chi connectivity index (χ0n) is 12.3. The third-order valence-electron chi connectivity index (χ3n) is 3.24. The summed E-state index contributed by atoms with van der Waals surface area (Å²) in [4.78, 5) is 0. The van der Waals surface area contributed by atoms with E-state index < -0.39 is 0 Å². The Morgan fingerprint density at radius 1 is 1.10 bits per heavy atom.